The van der Waals surface area contributed by atoms with Gasteiger partial charge in [-0.1, -0.05) is 26.0 Å². The Morgan fingerprint density at radius 1 is 0.947 bits per heavy atom. The van der Waals surface area contributed by atoms with Crippen molar-refractivity contribution in [2.75, 3.05) is 0 Å². The molecule has 100 valence electrons. The summed E-state index contributed by atoms with van der Waals surface area (Å²) in [5.41, 5.74) is 1.85. The van der Waals surface area contributed by atoms with Crippen molar-refractivity contribution in [2.24, 2.45) is 0 Å². The van der Waals surface area contributed by atoms with Crippen molar-refractivity contribution in [3.8, 4) is 28.4 Å². The van der Waals surface area contributed by atoms with Crippen molar-refractivity contribution in [3.05, 3.63) is 35.9 Å². The molecular weight excluding hydrogens is 260 g/mol. The topological polar surface area (TPSA) is 60.7 Å². The summed E-state index contributed by atoms with van der Waals surface area (Å²) in [4.78, 5) is 0.705. The van der Waals surface area contributed by atoms with Crippen LogP contribution in [0.1, 0.15) is 25.3 Å². The standard InChI is InChI=1S/C15H16O3S/c1-8(2)10-6-11(13(17)7-14(10)19)9-4-3-5-12(16)15(9)18/h3-8,16-19H,1-2H3. The number of thiol groups is 1. The molecule has 0 saturated carbocycles. The third-order valence-corrected chi connectivity index (χ3v) is 3.46. The summed E-state index contributed by atoms with van der Waals surface area (Å²) in [6.07, 6.45) is 0. The Morgan fingerprint density at radius 2 is 1.63 bits per heavy atom. The van der Waals surface area contributed by atoms with Gasteiger partial charge in [0.1, 0.15) is 5.75 Å². The molecule has 2 rings (SSSR count). The molecule has 0 aliphatic carbocycles. The van der Waals surface area contributed by atoms with E-state index in [-0.39, 0.29) is 23.2 Å². The minimum Gasteiger partial charge on any atom is -0.507 e. The van der Waals surface area contributed by atoms with Crippen LogP contribution in [0.15, 0.2) is 35.2 Å². The van der Waals surface area contributed by atoms with Gasteiger partial charge in [0.05, 0.1) is 0 Å². The molecule has 0 bridgehead atoms. The number of aromatic hydroxyl groups is 3. The largest absolute Gasteiger partial charge is 0.507 e. The van der Waals surface area contributed by atoms with E-state index in [2.05, 4.69) is 12.6 Å². The molecule has 4 heteroatoms. The van der Waals surface area contributed by atoms with Gasteiger partial charge in [0.15, 0.2) is 11.5 Å². The second kappa shape index (κ2) is 5.05. The lowest BCUT2D eigenvalue weighted by molar-refractivity contribution is 0.404. The average Bonchev–Trinajstić information content (AvgIpc) is 2.33. The van der Waals surface area contributed by atoms with Crippen LogP contribution in [0.3, 0.4) is 0 Å². The third-order valence-electron chi connectivity index (χ3n) is 3.07. The molecule has 2 aromatic rings. The SMILES string of the molecule is CC(C)c1cc(-c2cccc(O)c2O)c(O)cc1S. The van der Waals surface area contributed by atoms with Crippen molar-refractivity contribution in [2.45, 2.75) is 24.7 Å². The number of para-hydroxylation sites is 1. The molecule has 0 heterocycles. The first-order valence-electron chi connectivity index (χ1n) is 5.99. The maximum atomic E-state index is 10.0. The van der Waals surface area contributed by atoms with Gasteiger partial charge in [-0.3, -0.25) is 0 Å². The number of phenols is 3. The molecule has 0 radical (unpaired) electrons. The predicted octanol–water partition coefficient (Wildman–Crippen LogP) is 3.88. The summed E-state index contributed by atoms with van der Waals surface area (Å²) in [7, 11) is 0. The molecule has 0 aliphatic heterocycles. The minimum absolute atomic E-state index is 0.0234. The second-order valence-electron chi connectivity index (χ2n) is 4.76. The minimum atomic E-state index is -0.237. The van der Waals surface area contributed by atoms with Crippen LogP contribution >= 0.6 is 12.6 Å². The maximum Gasteiger partial charge on any atom is 0.165 e. The third kappa shape index (κ3) is 2.49. The van der Waals surface area contributed by atoms with Gasteiger partial charge < -0.3 is 15.3 Å². The molecule has 3 nitrogen and oxygen atoms in total. The lowest BCUT2D eigenvalue weighted by Crippen LogP contribution is -1.92. The van der Waals surface area contributed by atoms with E-state index in [1.807, 2.05) is 13.8 Å². The fourth-order valence-corrected chi connectivity index (χ4v) is 2.47. The zero-order valence-corrected chi connectivity index (χ0v) is 11.6. The molecule has 0 saturated heterocycles. The second-order valence-corrected chi connectivity index (χ2v) is 5.24. The van der Waals surface area contributed by atoms with Gasteiger partial charge in [0, 0.05) is 16.0 Å². The monoisotopic (exact) mass is 276 g/mol. The van der Waals surface area contributed by atoms with Gasteiger partial charge in [-0.05, 0) is 29.7 Å². The highest BCUT2D eigenvalue weighted by Gasteiger charge is 2.15. The number of rotatable bonds is 2. The van der Waals surface area contributed by atoms with Gasteiger partial charge in [-0.15, -0.1) is 12.6 Å². The highest BCUT2D eigenvalue weighted by molar-refractivity contribution is 7.80. The van der Waals surface area contributed by atoms with Crippen LogP contribution in [0.4, 0.5) is 0 Å². The zero-order chi connectivity index (χ0) is 14.2. The van der Waals surface area contributed by atoms with Gasteiger partial charge >= 0.3 is 0 Å². The van der Waals surface area contributed by atoms with E-state index in [9.17, 15) is 15.3 Å². The van der Waals surface area contributed by atoms with Gasteiger partial charge in [0.25, 0.3) is 0 Å². The van der Waals surface area contributed by atoms with Gasteiger partial charge in [0.2, 0.25) is 0 Å². The smallest absolute Gasteiger partial charge is 0.165 e. The van der Waals surface area contributed by atoms with E-state index < -0.39 is 0 Å². The number of hydrogen-bond donors (Lipinski definition) is 4. The molecule has 0 aliphatic rings. The Labute approximate surface area is 117 Å². The van der Waals surface area contributed by atoms with Crippen LogP contribution in [0, 0.1) is 0 Å². The van der Waals surface area contributed by atoms with Crippen LogP contribution in [0.2, 0.25) is 0 Å². The molecule has 0 aromatic heterocycles. The van der Waals surface area contributed by atoms with E-state index in [4.69, 9.17) is 0 Å². The first-order chi connectivity index (χ1) is 8.91. The molecule has 2 aromatic carbocycles. The van der Waals surface area contributed by atoms with E-state index in [0.29, 0.717) is 16.0 Å². The Balaban J connectivity index is 2.68. The fraction of sp³-hybridized carbons (Fsp3) is 0.200. The Kier molecular flexibility index (Phi) is 3.62. The van der Waals surface area contributed by atoms with E-state index >= 15 is 0 Å². The molecule has 3 N–H and O–H groups in total. The van der Waals surface area contributed by atoms with E-state index in [1.165, 1.54) is 6.07 Å². The summed E-state index contributed by atoms with van der Waals surface area (Å²) in [6.45, 7) is 4.05. The first kappa shape index (κ1) is 13.6. The average molecular weight is 276 g/mol. The number of benzene rings is 2. The highest BCUT2D eigenvalue weighted by Crippen LogP contribution is 2.42. The summed E-state index contributed by atoms with van der Waals surface area (Å²) in [5.74, 6) is -0.182. The summed E-state index contributed by atoms with van der Waals surface area (Å²) >= 11 is 4.34. The Hall–Kier alpha value is -1.81. The molecule has 0 spiro atoms. The lowest BCUT2D eigenvalue weighted by Gasteiger charge is -2.14. The molecule has 0 amide bonds. The van der Waals surface area contributed by atoms with Crippen molar-refractivity contribution >= 4 is 12.6 Å². The van der Waals surface area contributed by atoms with Gasteiger partial charge in [-0.2, -0.15) is 0 Å². The van der Waals surface area contributed by atoms with E-state index in [0.717, 1.165) is 5.56 Å². The number of phenolic OH excluding ortho intramolecular Hbond substituents is 3. The summed E-state index contributed by atoms with van der Waals surface area (Å²) in [6, 6.07) is 8.00. The number of hydrogen-bond acceptors (Lipinski definition) is 4. The Bertz CT molecular complexity index is 621. The van der Waals surface area contributed by atoms with Crippen LogP contribution in [0.25, 0.3) is 11.1 Å². The van der Waals surface area contributed by atoms with Crippen molar-refractivity contribution < 1.29 is 15.3 Å². The quantitative estimate of drug-likeness (QED) is 0.497. The van der Waals surface area contributed by atoms with Crippen LogP contribution in [-0.2, 0) is 0 Å². The molecule has 0 unspecified atom stereocenters. The van der Waals surface area contributed by atoms with Crippen LogP contribution < -0.4 is 0 Å². The van der Waals surface area contributed by atoms with Crippen LogP contribution in [-0.4, -0.2) is 15.3 Å². The van der Waals surface area contributed by atoms with E-state index in [1.54, 1.807) is 24.3 Å². The molecule has 0 fully saturated rings. The Morgan fingerprint density at radius 3 is 2.26 bits per heavy atom. The molecule has 0 atom stereocenters. The lowest BCUT2D eigenvalue weighted by atomic mass is 9.96. The molecular formula is C15H16O3S. The zero-order valence-electron chi connectivity index (χ0n) is 10.8. The summed E-state index contributed by atoms with van der Waals surface area (Å²) in [5, 5.41) is 29.5. The van der Waals surface area contributed by atoms with Crippen molar-refractivity contribution in [3.63, 3.8) is 0 Å². The van der Waals surface area contributed by atoms with Crippen molar-refractivity contribution in [1.82, 2.24) is 0 Å². The predicted molar refractivity (Wildman–Crippen MR) is 78.2 cm³/mol. The van der Waals surface area contributed by atoms with Gasteiger partial charge in [-0.25, -0.2) is 0 Å². The fourth-order valence-electron chi connectivity index (χ4n) is 2.02. The van der Waals surface area contributed by atoms with Crippen molar-refractivity contribution in [1.29, 1.82) is 0 Å². The highest BCUT2D eigenvalue weighted by atomic mass is 32.1. The normalized spacial score (nSPS) is 10.9. The first-order valence-corrected chi connectivity index (χ1v) is 6.43. The maximum absolute atomic E-state index is 10.0. The summed E-state index contributed by atoms with van der Waals surface area (Å²) < 4.78 is 0. The van der Waals surface area contributed by atoms with Crippen LogP contribution in [0.5, 0.6) is 17.2 Å². The molecule has 19 heavy (non-hydrogen) atoms.